The fourth-order valence-corrected chi connectivity index (χ4v) is 1.04. The first-order valence-electron chi connectivity index (χ1n) is 4.01. The van der Waals surface area contributed by atoms with Crippen LogP contribution >= 0.6 is 0 Å². The Hall–Kier alpha value is -0.770. The van der Waals surface area contributed by atoms with Crippen LogP contribution in [0.25, 0.3) is 0 Å². The Morgan fingerprint density at radius 2 is 1.92 bits per heavy atom. The molecule has 2 unspecified atom stereocenters. The maximum atomic E-state index is 10.8. The van der Waals surface area contributed by atoms with Crippen molar-refractivity contribution in [2.75, 3.05) is 7.11 Å². The zero-order valence-corrected chi connectivity index (χ0v) is 8.00. The molecule has 2 atom stereocenters. The summed E-state index contributed by atoms with van der Waals surface area (Å²) in [5.74, 6) is 0.184. The zero-order valence-electron chi connectivity index (χ0n) is 8.00. The smallest absolute Gasteiger partial charge is 0.407 e. The molecule has 0 aromatic heterocycles. The van der Waals surface area contributed by atoms with E-state index in [1.165, 1.54) is 7.11 Å². The molecule has 2 N–H and O–H groups in total. The molecule has 0 aromatic carbocycles. The molecule has 0 aliphatic rings. The summed E-state index contributed by atoms with van der Waals surface area (Å²) in [6.45, 7) is 5.49. The highest BCUT2D eigenvalue weighted by Crippen LogP contribution is 2.06. The fraction of sp³-hybridized carbons (Fsp3) is 0.875. The molecule has 0 heterocycles. The van der Waals surface area contributed by atoms with Crippen LogP contribution in [0.5, 0.6) is 0 Å². The molecule has 4 heteroatoms. The van der Waals surface area contributed by atoms with E-state index in [4.69, 9.17) is 0 Å². The summed E-state index contributed by atoms with van der Waals surface area (Å²) in [6.07, 6.45) is -1.07. The number of aliphatic hydroxyl groups is 1. The molecule has 12 heavy (non-hydrogen) atoms. The normalized spacial score (nSPS) is 15.5. The molecule has 4 nitrogen and oxygen atoms in total. The van der Waals surface area contributed by atoms with Crippen LogP contribution in [0.1, 0.15) is 20.8 Å². The van der Waals surface area contributed by atoms with Gasteiger partial charge in [-0.1, -0.05) is 13.8 Å². The van der Waals surface area contributed by atoms with Crippen molar-refractivity contribution in [3.8, 4) is 0 Å². The van der Waals surface area contributed by atoms with Crippen LogP contribution in [0.3, 0.4) is 0 Å². The maximum Gasteiger partial charge on any atom is 0.407 e. The van der Waals surface area contributed by atoms with E-state index in [-0.39, 0.29) is 12.0 Å². The number of hydrogen-bond acceptors (Lipinski definition) is 3. The van der Waals surface area contributed by atoms with E-state index in [2.05, 4.69) is 10.1 Å². The molecule has 1 amide bonds. The highest BCUT2D eigenvalue weighted by atomic mass is 16.5. The van der Waals surface area contributed by atoms with Crippen LogP contribution in [0.15, 0.2) is 0 Å². The Kier molecular flexibility index (Phi) is 4.66. The van der Waals surface area contributed by atoms with E-state index < -0.39 is 12.2 Å². The Labute approximate surface area is 72.9 Å². The van der Waals surface area contributed by atoms with Gasteiger partial charge in [0.05, 0.1) is 19.3 Å². The Morgan fingerprint density at radius 1 is 1.42 bits per heavy atom. The summed E-state index contributed by atoms with van der Waals surface area (Å²) in [5.41, 5.74) is 0. The van der Waals surface area contributed by atoms with E-state index >= 15 is 0 Å². The molecular formula is C8H17NO3. The summed E-state index contributed by atoms with van der Waals surface area (Å²) in [4.78, 5) is 10.8. The van der Waals surface area contributed by atoms with Crippen molar-refractivity contribution in [1.29, 1.82) is 0 Å². The van der Waals surface area contributed by atoms with Gasteiger partial charge in [0.2, 0.25) is 0 Å². The van der Waals surface area contributed by atoms with Gasteiger partial charge in [-0.3, -0.25) is 0 Å². The Balaban J connectivity index is 4.05. The van der Waals surface area contributed by atoms with E-state index in [1.807, 2.05) is 13.8 Å². The average Bonchev–Trinajstić information content (AvgIpc) is 1.98. The van der Waals surface area contributed by atoms with Gasteiger partial charge in [-0.15, -0.1) is 0 Å². The lowest BCUT2D eigenvalue weighted by Gasteiger charge is -2.23. The topological polar surface area (TPSA) is 58.6 Å². The summed E-state index contributed by atoms with van der Waals surface area (Å²) < 4.78 is 4.42. The number of amides is 1. The summed E-state index contributed by atoms with van der Waals surface area (Å²) in [7, 11) is 1.30. The minimum atomic E-state index is -0.566. The van der Waals surface area contributed by atoms with Gasteiger partial charge in [-0.05, 0) is 12.8 Å². The van der Waals surface area contributed by atoms with Gasteiger partial charge in [0, 0.05) is 0 Å². The van der Waals surface area contributed by atoms with Crippen molar-refractivity contribution in [2.45, 2.75) is 32.9 Å². The van der Waals surface area contributed by atoms with Gasteiger partial charge in [0.1, 0.15) is 0 Å². The molecule has 0 rings (SSSR count). The molecule has 0 aliphatic heterocycles. The number of alkyl carbamates (subject to hydrolysis) is 1. The standard InChI is InChI=1S/C8H17NO3/c1-5(2)7(6(3)10)9-8(11)12-4/h5-7,10H,1-4H3,(H,9,11). The quantitative estimate of drug-likeness (QED) is 0.665. The fourth-order valence-electron chi connectivity index (χ4n) is 1.04. The van der Waals surface area contributed by atoms with E-state index in [9.17, 15) is 9.90 Å². The SMILES string of the molecule is COC(=O)NC(C(C)C)C(C)O. The Morgan fingerprint density at radius 3 is 2.17 bits per heavy atom. The highest BCUT2D eigenvalue weighted by Gasteiger charge is 2.20. The van der Waals surface area contributed by atoms with Crippen molar-refractivity contribution >= 4 is 6.09 Å². The second-order valence-electron chi connectivity index (χ2n) is 3.15. The number of aliphatic hydroxyl groups excluding tert-OH is 1. The first kappa shape index (κ1) is 11.2. The van der Waals surface area contributed by atoms with Crippen molar-refractivity contribution in [3.05, 3.63) is 0 Å². The van der Waals surface area contributed by atoms with E-state index in [0.717, 1.165) is 0 Å². The van der Waals surface area contributed by atoms with Gasteiger partial charge >= 0.3 is 6.09 Å². The third kappa shape index (κ3) is 3.57. The molecule has 72 valence electrons. The van der Waals surface area contributed by atoms with Crippen LogP contribution in [0, 0.1) is 5.92 Å². The highest BCUT2D eigenvalue weighted by molar-refractivity contribution is 5.67. The molecule has 0 aliphatic carbocycles. The summed E-state index contributed by atoms with van der Waals surface area (Å²) in [6, 6.07) is -0.252. The summed E-state index contributed by atoms with van der Waals surface area (Å²) >= 11 is 0. The lowest BCUT2D eigenvalue weighted by Crippen LogP contribution is -2.45. The average molecular weight is 175 g/mol. The molecule has 0 spiro atoms. The van der Waals surface area contributed by atoms with Crippen molar-refractivity contribution in [3.63, 3.8) is 0 Å². The van der Waals surface area contributed by atoms with Crippen molar-refractivity contribution in [1.82, 2.24) is 5.32 Å². The van der Waals surface area contributed by atoms with Gasteiger partial charge in [0.15, 0.2) is 0 Å². The largest absolute Gasteiger partial charge is 0.453 e. The van der Waals surface area contributed by atoms with Crippen LogP contribution in [0.2, 0.25) is 0 Å². The molecular weight excluding hydrogens is 158 g/mol. The molecule has 0 fully saturated rings. The molecule has 0 saturated carbocycles. The third-order valence-corrected chi connectivity index (χ3v) is 1.71. The van der Waals surface area contributed by atoms with Crippen LogP contribution < -0.4 is 5.32 Å². The van der Waals surface area contributed by atoms with Gasteiger partial charge in [-0.25, -0.2) is 4.79 Å². The van der Waals surface area contributed by atoms with Crippen LogP contribution in [0.4, 0.5) is 4.79 Å². The van der Waals surface area contributed by atoms with Gasteiger partial charge in [0.25, 0.3) is 0 Å². The monoisotopic (exact) mass is 175 g/mol. The predicted molar refractivity (Wildman–Crippen MR) is 45.8 cm³/mol. The van der Waals surface area contributed by atoms with Crippen molar-refractivity contribution < 1.29 is 14.6 Å². The maximum absolute atomic E-state index is 10.8. The number of ether oxygens (including phenoxy) is 1. The third-order valence-electron chi connectivity index (χ3n) is 1.71. The van der Waals surface area contributed by atoms with Crippen molar-refractivity contribution in [2.24, 2.45) is 5.92 Å². The number of methoxy groups -OCH3 is 1. The Bertz CT molecular complexity index is 137. The molecule has 0 aromatic rings. The van der Waals surface area contributed by atoms with Gasteiger partial charge in [-0.2, -0.15) is 0 Å². The van der Waals surface area contributed by atoms with E-state index in [1.54, 1.807) is 6.92 Å². The predicted octanol–water partition coefficient (Wildman–Crippen LogP) is 0.748. The number of carbonyl (C=O) groups is 1. The summed E-state index contributed by atoms with van der Waals surface area (Å²) in [5, 5.41) is 11.8. The van der Waals surface area contributed by atoms with Gasteiger partial charge < -0.3 is 15.2 Å². The molecule has 0 saturated heterocycles. The zero-order chi connectivity index (χ0) is 9.72. The number of nitrogens with one attached hydrogen (secondary N) is 1. The second kappa shape index (κ2) is 4.98. The number of hydrogen-bond donors (Lipinski definition) is 2. The number of carbonyl (C=O) groups excluding carboxylic acids is 1. The number of rotatable bonds is 3. The van der Waals surface area contributed by atoms with E-state index in [0.29, 0.717) is 0 Å². The molecule has 0 bridgehead atoms. The van der Waals surface area contributed by atoms with Crippen LogP contribution in [-0.4, -0.2) is 30.5 Å². The molecule has 0 radical (unpaired) electrons. The van der Waals surface area contributed by atoms with Crippen LogP contribution in [-0.2, 0) is 4.74 Å². The first-order chi connectivity index (χ1) is 5.49. The lowest BCUT2D eigenvalue weighted by molar-refractivity contribution is 0.107. The lowest BCUT2D eigenvalue weighted by atomic mass is 10.00. The second-order valence-corrected chi connectivity index (χ2v) is 3.15. The minimum Gasteiger partial charge on any atom is -0.453 e. The minimum absolute atomic E-state index is 0.184. The first-order valence-corrected chi connectivity index (χ1v) is 4.01.